The fourth-order valence-corrected chi connectivity index (χ4v) is 3.14. The van der Waals surface area contributed by atoms with Crippen LogP contribution >= 0.6 is 11.8 Å². The van der Waals surface area contributed by atoms with Crippen molar-refractivity contribution in [3.05, 3.63) is 53.6 Å². The molecule has 0 bridgehead atoms. The van der Waals surface area contributed by atoms with Crippen molar-refractivity contribution >= 4 is 34.4 Å². The van der Waals surface area contributed by atoms with Crippen molar-refractivity contribution in [1.82, 2.24) is 9.55 Å². The van der Waals surface area contributed by atoms with E-state index in [0.29, 0.717) is 28.5 Å². The predicted molar refractivity (Wildman–Crippen MR) is 96.1 cm³/mol. The predicted octanol–water partition coefficient (Wildman–Crippen LogP) is 4.61. The van der Waals surface area contributed by atoms with Crippen LogP contribution in [0, 0.1) is 13.8 Å². The highest BCUT2D eigenvalue weighted by molar-refractivity contribution is 7.99. The number of hydrogen-bond donors (Lipinski definition) is 1. The molecule has 7 heteroatoms. The fraction of sp³-hybridized carbons (Fsp3) is 0.222. The zero-order chi connectivity index (χ0) is 18.0. The number of hydrogen-bond acceptors (Lipinski definition) is 3. The van der Waals surface area contributed by atoms with Crippen LogP contribution in [-0.2, 0) is 11.3 Å². The van der Waals surface area contributed by atoms with E-state index < -0.39 is 5.76 Å². The number of imidazole rings is 1. The van der Waals surface area contributed by atoms with E-state index in [0.717, 1.165) is 11.1 Å². The topological polar surface area (TPSA) is 46.9 Å². The number of thioether (sulfide) groups is 1. The minimum absolute atomic E-state index is 0.0809. The molecule has 25 heavy (non-hydrogen) atoms. The van der Waals surface area contributed by atoms with Crippen molar-refractivity contribution < 1.29 is 13.6 Å². The highest BCUT2D eigenvalue weighted by Gasteiger charge is 2.17. The number of nitrogens with zero attached hydrogens (tertiary/aromatic N) is 2. The van der Waals surface area contributed by atoms with Gasteiger partial charge >= 0.3 is 0 Å². The summed E-state index contributed by atoms with van der Waals surface area (Å²) < 4.78 is 27.1. The number of amides is 1. The Hall–Kier alpha value is -2.41. The molecule has 1 heterocycles. The fourth-order valence-electron chi connectivity index (χ4n) is 2.54. The molecule has 0 aliphatic carbocycles. The number of fused-ring (bicyclic) bond motifs is 1. The van der Waals surface area contributed by atoms with E-state index in [2.05, 4.69) is 10.3 Å². The molecule has 0 aliphatic heterocycles. The van der Waals surface area contributed by atoms with E-state index in [4.69, 9.17) is 0 Å². The zero-order valence-corrected chi connectivity index (χ0v) is 14.6. The van der Waals surface area contributed by atoms with Gasteiger partial charge in [0, 0.05) is 5.69 Å². The number of halogens is 2. The lowest BCUT2D eigenvalue weighted by molar-refractivity contribution is -0.116. The number of alkyl halides is 2. The monoisotopic (exact) mass is 361 g/mol. The SMILES string of the molecule is Cc1ccc(NC(=O)Cn2c(SC(F)F)nc3ccccc32)cc1C. The molecule has 0 atom stereocenters. The van der Waals surface area contributed by atoms with Gasteiger partial charge in [-0.2, -0.15) is 8.78 Å². The van der Waals surface area contributed by atoms with E-state index in [1.54, 1.807) is 24.3 Å². The van der Waals surface area contributed by atoms with Gasteiger partial charge in [0.05, 0.1) is 11.0 Å². The summed E-state index contributed by atoms with van der Waals surface area (Å²) in [5.41, 5.74) is 4.13. The molecule has 3 rings (SSSR count). The Morgan fingerprint density at radius 3 is 2.68 bits per heavy atom. The Morgan fingerprint density at radius 2 is 1.96 bits per heavy atom. The number of aromatic nitrogens is 2. The van der Waals surface area contributed by atoms with Crippen molar-refractivity contribution in [3.63, 3.8) is 0 Å². The van der Waals surface area contributed by atoms with Gasteiger partial charge in [0.1, 0.15) is 6.54 Å². The first-order valence-electron chi connectivity index (χ1n) is 7.71. The van der Waals surface area contributed by atoms with Gasteiger partial charge in [-0.15, -0.1) is 0 Å². The standard InChI is InChI=1S/C18H17F2N3OS/c1-11-7-8-13(9-12(11)2)21-16(24)10-23-15-6-4-3-5-14(15)22-18(23)25-17(19)20/h3-9,17H,10H2,1-2H3,(H,21,24). The molecule has 0 unspecified atom stereocenters. The molecule has 1 amide bonds. The summed E-state index contributed by atoms with van der Waals surface area (Å²) in [4.78, 5) is 16.6. The molecule has 0 saturated heterocycles. The average Bonchev–Trinajstić information content (AvgIpc) is 2.88. The van der Waals surface area contributed by atoms with Gasteiger partial charge in [0.25, 0.3) is 5.76 Å². The van der Waals surface area contributed by atoms with Gasteiger partial charge in [-0.3, -0.25) is 4.79 Å². The van der Waals surface area contributed by atoms with Crippen molar-refractivity contribution in [2.75, 3.05) is 5.32 Å². The number of carbonyl (C=O) groups is 1. The molecular weight excluding hydrogens is 344 g/mol. The smallest absolute Gasteiger partial charge is 0.291 e. The summed E-state index contributed by atoms with van der Waals surface area (Å²) in [6.45, 7) is 3.88. The van der Waals surface area contributed by atoms with Crippen LogP contribution < -0.4 is 5.32 Å². The Morgan fingerprint density at radius 1 is 1.20 bits per heavy atom. The third-order valence-corrected chi connectivity index (χ3v) is 4.61. The van der Waals surface area contributed by atoms with Crippen LogP contribution in [0.25, 0.3) is 11.0 Å². The first kappa shape index (κ1) is 17.4. The first-order valence-corrected chi connectivity index (χ1v) is 8.59. The van der Waals surface area contributed by atoms with Crippen LogP contribution in [0.3, 0.4) is 0 Å². The molecule has 0 aliphatic rings. The highest BCUT2D eigenvalue weighted by atomic mass is 32.2. The van der Waals surface area contributed by atoms with Crippen molar-refractivity contribution in [2.24, 2.45) is 0 Å². The summed E-state index contributed by atoms with van der Waals surface area (Å²) in [7, 11) is 0. The highest BCUT2D eigenvalue weighted by Crippen LogP contribution is 2.28. The summed E-state index contributed by atoms with van der Waals surface area (Å²) in [6, 6.07) is 12.7. The number of carbonyl (C=O) groups excluding carboxylic acids is 1. The Kier molecular flexibility index (Phi) is 5.03. The second kappa shape index (κ2) is 7.23. The quantitative estimate of drug-likeness (QED) is 0.675. The largest absolute Gasteiger partial charge is 0.325 e. The first-order chi connectivity index (χ1) is 11.9. The number of rotatable bonds is 5. The number of benzene rings is 2. The van der Waals surface area contributed by atoms with E-state index in [9.17, 15) is 13.6 Å². The van der Waals surface area contributed by atoms with E-state index in [1.807, 2.05) is 32.0 Å². The van der Waals surface area contributed by atoms with Crippen molar-refractivity contribution in [2.45, 2.75) is 31.3 Å². The molecule has 0 radical (unpaired) electrons. The van der Waals surface area contributed by atoms with E-state index >= 15 is 0 Å². The molecule has 4 nitrogen and oxygen atoms in total. The average molecular weight is 361 g/mol. The molecule has 0 fully saturated rings. The third-order valence-electron chi connectivity index (χ3n) is 3.91. The molecule has 3 aromatic rings. The second-order valence-corrected chi connectivity index (χ2v) is 6.65. The summed E-state index contributed by atoms with van der Waals surface area (Å²) in [5.74, 6) is -2.89. The lowest BCUT2D eigenvalue weighted by Crippen LogP contribution is -2.19. The van der Waals surface area contributed by atoms with Gasteiger partial charge in [0.2, 0.25) is 5.91 Å². The maximum atomic E-state index is 12.8. The second-order valence-electron chi connectivity index (χ2n) is 5.69. The van der Waals surface area contributed by atoms with Gasteiger partial charge < -0.3 is 9.88 Å². The molecule has 1 aromatic heterocycles. The Balaban J connectivity index is 1.85. The van der Waals surface area contributed by atoms with Crippen LogP contribution in [0.5, 0.6) is 0 Å². The minimum atomic E-state index is -2.60. The normalized spacial score (nSPS) is 11.2. The molecule has 0 saturated carbocycles. The van der Waals surface area contributed by atoms with Crippen LogP contribution in [0.1, 0.15) is 11.1 Å². The number of nitrogens with one attached hydrogen (secondary N) is 1. The number of aryl methyl sites for hydroxylation is 2. The van der Waals surface area contributed by atoms with Gasteiger partial charge in [0.15, 0.2) is 5.16 Å². The van der Waals surface area contributed by atoms with E-state index in [1.165, 1.54) is 4.57 Å². The van der Waals surface area contributed by atoms with Gasteiger partial charge in [-0.1, -0.05) is 18.2 Å². The summed E-state index contributed by atoms with van der Waals surface area (Å²) in [6.07, 6.45) is 0. The number of anilines is 1. The van der Waals surface area contributed by atoms with Gasteiger partial charge in [-0.05, 0) is 61.0 Å². The maximum Gasteiger partial charge on any atom is 0.291 e. The zero-order valence-electron chi connectivity index (χ0n) is 13.8. The number of para-hydroxylation sites is 2. The summed E-state index contributed by atoms with van der Waals surface area (Å²) in [5, 5.41) is 2.94. The van der Waals surface area contributed by atoms with E-state index in [-0.39, 0.29) is 17.6 Å². The van der Waals surface area contributed by atoms with Crippen LogP contribution in [0.15, 0.2) is 47.6 Å². The minimum Gasteiger partial charge on any atom is -0.325 e. The maximum absolute atomic E-state index is 12.8. The van der Waals surface area contributed by atoms with Crippen LogP contribution in [0.2, 0.25) is 0 Å². The third kappa shape index (κ3) is 3.99. The van der Waals surface area contributed by atoms with Crippen LogP contribution in [-0.4, -0.2) is 21.2 Å². The molecule has 0 spiro atoms. The van der Waals surface area contributed by atoms with Crippen molar-refractivity contribution in [1.29, 1.82) is 0 Å². The van der Waals surface area contributed by atoms with Crippen molar-refractivity contribution in [3.8, 4) is 0 Å². The molecule has 2 aromatic carbocycles. The Labute approximate surface area is 148 Å². The van der Waals surface area contributed by atoms with Crippen LogP contribution in [0.4, 0.5) is 14.5 Å². The lowest BCUT2D eigenvalue weighted by Gasteiger charge is -2.10. The van der Waals surface area contributed by atoms with Gasteiger partial charge in [-0.25, -0.2) is 4.98 Å². The summed E-state index contributed by atoms with van der Waals surface area (Å²) >= 11 is 0.342. The molecule has 1 N–H and O–H groups in total. The molecular formula is C18H17F2N3OS. The Bertz CT molecular complexity index is 924. The lowest BCUT2D eigenvalue weighted by atomic mass is 10.1. The molecule has 130 valence electrons.